The minimum Gasteiger partial charge on any atom is -0.353 e. The van der Waals surface area contributed by atoms with E-state index in [1.165, 1.54) is 18.3 Å². The number of anilines is 3. The summed E-state index contributed by atoms with van der Waals surface area (Å²) in [7, 11) is 3.95. The molecule has 6 nitrogen and oxygen atoms in total. The maximum Gasteiger partial charge on any atom is 0.417 e. The van der Waals surface area contributed by atoms with Crippen molar-refractivity contribution in [2.75, 3.05) is 37.8 Å². The zero-order valence-corrected chi connectivity index (χ0v) is 14.5. The molecule has 0 saturated carbocycles. The van der Waals surface area contributed by atoms with Gasteiger partial charge in [0.15, 0.2) is 5.82 Å². The second-order valence-electron chi connectivity index (χ2n) is 5.57. The van der Waals surface area contributed by atoms with Gasteiger partial charge in [-0.25, -0.2) is 0 Å². The lowest BCUT2D eigenvalue weighted by Crippen LogP contribution is -2.17. The summed E-state index contributed by atoms with van der Waals surface area (Å²) >= 11 is 5.60. The van der Waals surface area contributed by atoms with E-state index >= 15 is 0 Å². The molecule has 0 fully saturated rings. The molecule has 25 heavy (non-hydrogen) atoms. The molecule has 2 N–H and O–H groups in total. The van der Waals surface area contributed by atoms with E-state index in [0.717, 1.165) is 19.0 Å². The molecule has 0 aliphatic heterocycles. The molecule has 0 aliphatic rings. The van der Waals surface area contributed by atoms with Crippen molar-refractivity contribution in [1.29, 1.82) is 0 Å². The van der Waals surface area contributed by atoms with Crippen molar-refractivity contribution in [3.05, 3.63) is 35.0 Å². The molecule has 0 saturated heterocycles. The first kappa shape index (κ1) is 19.2. The molecule has 1 aromatic carbocycles. The zero-order chi connectivity index (χ0) is 18.4. The van der Waals surface area contributed by atoms with Crippen LogP contribution >= 0.6 is 11.6 Å². The van der Waals surface area contributed by atoms with Gasteiger partial charge in [-0.15, -0.1) is 5.10 Å². The summed E-state index contributed by atoms with van der Waals surface area (Å²) in [6.07, 6.45) is -2.31. The number of nitrogens with zero attached hydrogens (tertiary/aromatic N) is 4. The van der Waals surface area contributed by atoms with E-state index in [4.69, 9.17) is 11.6 Å². The molecule has 0 radical (unpaired) electrons. The van der Waals surface area contributed by atoms with E-state index in [0.29, 0.717) is 12.5 Å². The highest BCUT2D eigenvalue weighted by atomic mass is 35.5. The summed E-state index contributed by atoms with van der Waals surface area (Å²) in [5, 5.41) is 13.1. The topological polar surface area (TPSA) is 66.0 Å². The van der Waals surface area contributed by atoms with Crippen LogP contribution in [0, 0.1) is 0 Å². The molecule has 2 aromatic rings. The van der Waals surface area contributed by atoms with Gasteiger partial charge in [0.05, 0.1) is 16.8 Å². The van der Waals surface area contributed by atoms with Crippen molar-refractivity contribution in [2.24, 2.45) is 0 Å². The second-order valence-corrected chi connectivity index (χ2v) is 5.97. The molecule has 1 aromatic heterocycles. The van der Waals surface area contributed by atoms with E-state index in [2.05, 4.69) is 30.7 Å². The lowest BCUT2D eigenvalue weighted by atomic mass is 10.2. The Balaban J connectivity index is 2.04. The monoisotopic (exact) mass is 374 g/mol. The van der Waals surface area contributed by atoms with Gasteiger partial charge < -0.3 is 15.5 Å². The van der Waals surface area contributed by atoms with Gasteiger partial charge >= 0.3 is 6.18 Å². The minimum absolute atomic E-state index is 0.204. The summed E-state index contributed by atoms with van der Waals surface area (Å²) in [5.74, 6) is 0.578. The van der Waals surface area contributed by atoms with Crippen molar-refractivity contribution in [3.63, 3.8) is 0 Å². The fourth-order valence-corrected chi connectivity index (χ4v) is 2.23. The van der Waals surface area contributed by atoms with Gasteiger partial charge in [0, 0.05) is 12.2 Å². The molecule has 0 spiro atoms. The SMILES string of the molecule is CN(C)CCCNc1nncc(Nc2ccc(Cl)c(C(F)(F)F)c2)n1. The number of nitrogens with one attached hydrogen (secondary N) is 2. The third kappa shape index (κ3) is 6.02. The van der Waals surface area contributed by atoms with Gasteiger partial charge in [-0.2, -0.15) is 23.3 Å². The van der Waals surface area contributed by atoms with Gasteiger partial charge in [-0.1, -0.05) is 11.6 Å². The van der Waals surface area contributed by atoms with E-state index in [9.17, 15) is 13.2 Å². The van der Waals surface area contributed by atoms with E-state index < -0.39 is 11.7 Å². The van der Waals surface area contributed by atoms with Crippen molar-refractivity contribution in [1.82, 2.24) is 20.1 Å². The molecule has 0 aliphatic carbocycles. The quantitative estimate of drug-likeness (QED) is 0.721. The first-order valence-corrected chi connectivity index (χ1v) is 7.85. The zero-order valence-electron chi connectivity index (χ0n) is 13.7. The van der Waals surface area contributed by atoms with Crippen LogP contribution < -0.4 is 10.6 Å². The van der Waals surface area contributed by atoms with E-state index in [-0.39, 0.29) is 16.5 Å². The number of rotatable bonds is 7. The van der Waals surface area contributed by atoms with Crippen LogP contribution in [0.4, 0.5) is 30.6 Å². The minimum atomic E-state index is -4.53. The molecule has 0 atom stereocenters. The Bertz CT molecular complexity index is 708. The summed E-state index contributed by atoms with van der Waals surface area (Å²) in [4.78, 5) is 6.23. The van der Waals surface area contributed by atoms with Crippen LogP contribution in [0.3, 0.4) is 0 Å². The third-order valence-corrected chi connectivity index (χ3v) is 3.50. The Morgan fingerprint density at radius 3 is 2.68 bits per heavy atom. The summed E-state index contributed by atoms with van der Waals surface area (Å²) in [5.41, 5.74) is -0.709. The largest absolute Gasteiger partial charge is 0.417 e. The van der Waals surface area contributed by atoms with Crippen LogP contribution in [0.15, 0.2) is 24.4 Å². The molecule has 0 unspecified atom stereocenters. The van der Waals surface area contributed by atoms with Crippen molar-refractivity contribution in [2.45, 2.75) is 12.6 Å². The highest BCUT2D eigenvalue weighted by Gasteiger charge is 2.33. The highest BCUT2D eigenvalue weighted by Crippen LogP contribution is 2.36. The lowest BCUT2D eigenvalue weighted by molar-refractivity contribution is -0.137. The first-order valence-electron chi connectivity index (χ1n) is 7.48. The van der Waals surface area contributed by atoms with Crippen molar-refractivity contribution >= 4 is 29.1 Å². The Kier molecular flexibility index (Phi) is 6.38. The van der Waals surface area contributed by atoms with Crippen LogP contribution in [0.5, 0.6) is 0 Å². The Morgan fingerprint density at radius 1 is 1.24 bits per heavy atom. The normalized spacial score (nSPS) is 11.6. The average Bonchev–Trinajstić information content (AvgIpc) is 2.53. The standard InChI is InChI=1S/C15H18ClF3N6/c1-25(2)7-3-6-20-14-23-13(9-21-24-14)22-10-4-5-12(16)11(8-10)15(17,18)19/h4-5,8-9H,3,6-7H2,1-2H3,(H2,20,22,23,24). The maximum atomic E-state index is 12.9. The molecule has 0 bridgehead atoms. The Morgan fingerprint density at radius 2 is 2.00 bits per heavy atom. The lowest BCUT2D eigenvalue weighted by Gasteiger charge is -2.12. The smallest absolute Gasteiger partial charge is 0.353 e. The molecular formula is C15H18ClF3N6. The second kappa shape index (κ2) is 8.30. The summed E-state index contributed by atoms with van der Waals surface area (Å²) < 4.78 is 38.7. The van der Waals surface area contributed by atoms with Gasteiger partial charge in [0.1, 0.15) is 0 Å². The van der Waals surface area contributed by atoms with Crippen LogP contribution in [-0.2, 0) is 6.18 Å². The number of hydrogen-bond acceptors (Lipinski definition) is 6. The molecule has 10 heteroatoms. The molecule has 0 amide bonds. The molecule has 136 valence electrons. The molecular weight excluding hydrogens is 357 g/mol. The number of aromatic nitrogens is 3. The highest BCUT2D eigenvalue weighted by molar-refractivity contribution is 6.31. The Labute approximate surface area is 148 Å². The van der Waals surface area contributed by atoms with Gasteiger partial charge in [-0.05, 0) is 45.3 Å². The van der Waals surface area contributed by atoms with Gasteiger partial charge in [0.25, 0.3) is 0 Å². The maximum absolute atomic E-state index is 12.9. The van der Waals surface area contributed by atoms with Crippen LogP contribution in [0.1, 0.15) is 12.0 Å². The molecule has 2 rings (SSSR count). The fourth-order valence-electron chi connectivity index (χ4n) is 2.00. The molecule has 1 heterocycles. The predicted molar refractivity (Wildman–Crippen MR) is 91.2 cm³/mol. The predicted octanol–water partition coefficient (Wildman–Crippen LogP) is 3.65. The summed E-state index contributed by atoms with van der Waals surface area (Å²) in [6, 6.07) is 3.54. The average molecular weight is 375 g/mol. The third-order valence-electron chi connectivity index (χ3n) is 3.17. The van der Waals surface area contributed by atoms with Crippen molar-refractivity contribution in [3.8, 4) is 0 Å². The Hall–Kier alpha value is -2.13. The van der Waals surface area contributed by atoms with E-state index in [1.54, 1.807) is 0 Å². The van der Waals surface area contributed by atoms with Crippen LogP contribution in [-0.4, -0.2) is 47.3 Å². The fraction of sp³-hybridized carbons (Fsp3) is 0.400. The van der Waals surface area contributed by atoms with Crippen LogP contribution in [0.2, 0.25) is 5.02 Å². The number of alkyl halides is 3. The number of halogens is 4. The summed E-state index contributed by atoms with van der Waals surface area (Å²) in [6.45, 7) is 1.56. The van der Waals surface area contributed by atoms with Gasteiger partial charge in [0.2, 0.25) is 5.95 Å². The van der Waals surface area contributed by atoms with Crippen molar-refractivity contribution < 1.29 is 13.2 Å². The van der Waals surface area contributed by atoms with Gasteiger partial charge in [-0.3, -0.25) is 0 Å². The van der Waals surface area contributed by atoms with Crippen LogP contribution in [0.25, 0.3) is 0 Å². The number of hydrogen-bond donors (Lipinski definition) is 2. The van der Waals surface area contributed by atoms with E-state index in [1.807, 2.05) is 14.1 Å². The first-order chi connectivity index (χ1) is 11.8. The number of benzene rings is 1.